The van der Waals surface area contributed by atoms with Crippen LogP contribution < -0.4 is 26.7 Å². The monoisotopic (exact) mass is 846 g/mol. The predicted molar refractivity (Wildman–Crippen MR) is 232 cm³/mol. The first kappa shape index (κ1) is 39.3. The van der Waals surface area contributed by atoms with Gasteiger partial charge in [-0.15, -0.1) is 0 Å². The molecular formula is C42H48BBrN10O4. The standard InChI is InChI=1S/C21H23N5O.C15H17BrN4O.C6H8BNO2/c22-18-5-3-15(4-6-18)17-13-20-19(7-8-23-26(20)14-17)24-9-11-25(12-10-24)21(27)16-1-2-16;16-12-9-14-13(3-4-17-20(14)10-12)18-5-7-19(8-6-18)15(21)11-1-2-11;8-6-3-1-5(2-4-6)7(9)10/h3-8,13-14,16H,1-2,9-12,22H2;3-4,9-11H,1-2,5-8H2;1-4,9-10H,8H2. The highest BCUT2D eigenvalue weighted by Gasteiger charge is 2.36. The fourth-order valence-electron chi connectivity index (χ4n) is 7.52. The van der Waals surface area contributed by atoms with Crippen LogP contribution in [0.15, 0.2) is 102 Å². The summed E-state index contributed by atoms with van der Waals surface area (Å²) in [6.45, 7) is 6.75. The Balaban J connectivity index is 0.000000134. The van der Waals surface area contributed by atoms with Crippen molar-refractivity contribution in [3.8, 4) is 11.1 Å². The van der Waals surface area contributed by atoms with E-state index in [0.717, 1.165) is 110 Å². The van der Waals surface area contributed by atoms with Crippen LogP contribution in [-0.4, -0.2) is 110 Å². The summed E-state index contributed by atoms with van der Waals surface area (Å²) in [6.07, 6.45) is 12.0. The van der Waals surface area contributed by atoms with Gasteiger partial charge in [-0.2, -0.15) is 10.2 Å². The number of piperazine rings is 2. The number of rotatable bonds is 6. The molecule has 0 bridgehead atoms. The molecule has 58 heavy (non-hydrogen) atoms. The average Bonchev–Trinajstić information content (AvgIpc) is 4.19. The van der Waals surface area contributed by atoms with Crippen LogP contribution >= 0.6 is 15.9 Å². The third-order valence-corrected chi connectivity index (χ3v) is 11.6. The Morgan fingerprint density at radius 2 is 1.05 bits per heavy atom. The number of carbonyl (C=O) groups is 2. The molecule has 14 nitrogen and oxygen atoms in total. The van der Waals surface area contributed by atoms with Gasteiger partial charge in [0.2, 0.25) is 11.8 Å². The Bertz CT molecular complexity index is 2360. The van der Waals surface area contributed by atoms with Crippen molar-refractivity contribution in [2.24, 2.45) is 11.8 Å². The van der Waals surface area contributed by atoms with Crippen molar-refractivity contribution in [2.75, 3.05) is 73.6 Å². The average molecular weight is 848 g/mol. The third kappa shape index (κ3) is 9.09. The summed E-state index contributed by atoms with van der Waals surface area (Å²) in [4.78, 5) is 33.2. The summed E-state index contributed by atoms with van der Waals surface area (Å²) in [5.41, 5.74) is 19.8. The summed E-state index contributed by atoms with van der Waals surface area (Å²) in [5, 5.41) is 26.1. The second-order valence-electron chi connectivity index (χ2n) is 15.3. The van der Waals surface area contributed by atoms with Crippen LogP contribution in [-0.2, 0) is 9.59 Å². The van der Waals surface area contributed by atoms with E-state index in [9.17, 15) is 9.59 Å². The van der Waals surface area contributed by atoms with Crippen LogP contribution in [0.5, 0.6) is 0 Å². The van der Waals surface area contributed by atoms with Gasteiger partial charge in [0.15, 0.2) is 0 Å². The number of benzene rings is 2. The highest BCUT2D eigenvalue weighted by molar-refractivity contribution is 9.10. The van der Waals surface area contributed by atoms with Gasteiger partial charge in [0.05, 0.1) is 22.4 Å². The molecule has 4 aliphatic rings. The van der Waals surface area contributed by atoms with E-state index in [0.29, 0.717) is 34.8 Å². The largest absolute Gasteiger partial charge is 0.488 e. The zero-order chi connectivity index (χ0) is 40.3. The first-order valence-corrected chi connectivity index (χ1v) is 20.7. The minimum Gasteiger partial charge on any atom is -0.423 e. The SMILES string of the molecule is Nc1ccc(-c2cc3c(N4CCN(C(=O)C5CC5)CC4)ccnn3c2)cc1.Nc1ccc(B(O)O)cc1.O=C(C1CC1)N1CCN(c2ccnn3cc(Br)cc23)CC1. The van der Waals surface area contributed by atoms with Crippen molar-refractivity contribution >= 4 is 74.1 Å². The molecule has 16 heteroatoms. The van der Waals surface area contributed by atoms with Crippen LogP contribution in [0.1, 0.15) is 25.7 Å². The van der Waals surface area contributed by atoms with E-state index in [4.69, 9.17) is 21.5 Å². The third-order valence-electron chi connectivity index (χ3n) is 11.1. The molecule has 6 aromatic rings. The molecule has 2 aliphatic heterocycles. The molecule has 2 aliphatic carbocycles. The molecule has 2 saturated heterocycles. The number of amides is 2. The van der Waals surface area contributed by atoms with Crippen molar-refractivity contribution in [3.05, 3.63) is 102 Å². The number of anilines is 4. The Kier molecular flexibility index (Phi) is 11.6. The maximum atomic E-state index is 12.3. The number of hydrogen-bond acceptors (Lipinski definition) is 10. The highest BCUT2D eigenvalue weighted by atomic mass is 79.9. The van der Waals surface area contributed by atoms with E-state index in [1.165, 1.54) is 11.4 Å². The topological polar surface area (TPSA) is 174 Å². The normalized spacial score (nSPS) is 16.7. The summed E-state index contributed by atoms with van der Waals surface area (Å²) >= 11 is 3.50. The van der Waals surface area contributed by atoms with E-state index in [2.05, 4.69) is 66.4 Å². The molecule has 0 atom stereocenters. The van der Waals surface area contributed by atoms with E-state index in [1.807, 2.05) is 61.7 Å². The Morgan fingerprint density at radius 1 is 0.603 bits per heavy atom. The van der Waals surface area contributed by atoms with Gasteiger partial charge < -0.3 is 41.1 Å². The van der Waals surface area contributed by atoms with E-state index < -0.39 is 7.12 Å². The lowest BCUT2D eigenvalue weighted by molar-refractivity contribution is -0.133. The minimum absolute atomic E-state index is 0.303. The van der Waals surface area contributed by atoms with Crippen molar-refractivity contribution in [1.82, 2.24) is 29.0 Å². The molecular weight excluding hydrogens is 799 g/mol. The number of nitrogens with two attached hydrogens (primary N) is 2. The van der Waals surface area contributed by atoms with Gasteiger partial charge in [-0.05, 0) is 101 Å². The second kappa shape index (κ2) is 17.1. The maximum Gasteiger partial charge on any atom is 0.488 e. The minimum atomic E-state index is -1.40. The number of hydrogen-bond donors (Lipinski definition) is 4. The lowest BCUT2D eigenvalue weighted by Crippen LogP contribution is -2.49. The van der Waals surface area contributed by atoms with Gasteiger partial charge in [0.25, 0.3) is 0 Å². The molecule has 6 N–H and O–H groups in total. The van der Waals surface area contributed by atoms with Crippen LogP contribution in [0.3, 0.4) is 0 Å². The molecule has 2 amide bonds. The van der Waals surface area contributed by atoms with Gasteiger partial charge in [0.1, 0.15) is 0 Å². The number of aromatic nitrogens is 4. The second-order valence-corrected chi connectivity index (χ2v) is 16.2. The number of halogens is 1. The van der Waals surface area contributed by atoms with Crippen molar-refractivity contribution in [3.63, 3.8) is 0 Å². The maximum absolute atomic E-state index is 12.3. The van der Waals surface area contributed by atoms with Crippen molar-refractivity contribution in [2.45, 2.75) is 25.7 Å². The number of carbonyl (C=O) groups excluding carboxylic acids is 2. The fourth-order valence-corrected chi connectivity index (χ4v) is 7.93. The molecule has 6 heterocycles. The fraction of sp³-hybridized carbons (Fsp3) is 0.333. The molecule has 4 fully saturated rings. The van der Waals surface area contributed by atoms with E-state index in [1.54, 1.807) is 24.3 Å². The Labute approximate surface area is 345 Å². The molecule has 10 rings (SSSR count). The van der Waals surface area contributed by atoms with Crippen molar-refractivity contribution in [1.29, 1.82) is 0 Å². The van der Waals surface area contributed by atoms with E-state index in [-0.39, 0.29) is 0 Å². The van der Waals surface area contributed by atoms with Gasteiger partial charge >= 0.3 is 7.12 Å². The van der Waals surface area contributed by atoms with Gasteiger partial charge in [-0.25, -0.2) is 9.03 Å². The summed E-state index contributed by atoms with van der Waals surface area (Å²) in [6, 6.07) is 22.7. The zero-order valence-electron chi connectivity index (χ0n) is 32.3. The van der Waals surface area contributed by atoms with Crippen LogP contribution in [0.25, 0.3) is 22.2 Å². The first-order chi connectivity index (χ1) is 28.1. The summed E-state index contributed by atoms with van der Waals surface area (Å²) in [5.74, 6) is 1.34. The molecule has 2 aromatic carbocycles. The van der Waals surface area contributed by atoms with E-state index >= 15 is 0 Å². The molecule has 2 saturated carbocycles. The molecule has 0 radical (unpaired) electrons. The number of nitrogens with zero attached hydrogens (tertiary/aromatic N) is 8. The number of nitrogen functional groups attached to an aromatic ring is 2. The van der Waals surface area contributed by atoms with Crippen LogP contribution in [0.2, 0.25) is 0 Å². The summed E-state index contributed by atoms with van der Waals surface area (Å²) in [7, 11) is -1.40. The van der Waals surface area contributed by atoms with Crippen molar-refractivity contribution < 1.29 is 19.6 Å². The Morgan fingerprint density at radius 3 is 1.52 bits per heavy atom. The first-order valence-electron chi connectivity index (χ1n) is 19.9. The lowest BCUT2D eigenvalue weighted by atomic mass is 9.80. The van der Waals surface area contributed by atoms with Crippen LogP contribution in [0, 0.1) is 11.8 Å². The van der Waals surface area contributed by atoms with Gasteiger partial charge in [-0.1, -0.05) is 24.3 Å². The smallest absolute Gasteiger partial charge is 0.423 e. The molecule has 0 unspecified atom stereocenters. The lowest BCUT2D eigenvalue weighted by Gasteiger charge is -2.36. The Hall–Kier alpha value is -5.58. The number of fused-ring (bicyclic) bond motifs is 2. The molecule has 300 valence electrons. The predicted octanol–water partition coefficient (Wildman–Crippen LogP) is 3.75. The quantitative estimate of drug-likeness (QED) is 0.143. The summed E-state index contributed by atoms with van der Waals surface area (Å²) < 4.78 is 4.86. The van der Waals surface area contributed by atoms with Crippen LogP contribution in [0.4, 0.5) is 22.7 Å². The molecule has 0 spiro atoms. The van der Waals surface area contributed by atoms with Gasteiger partial charge in [-0.3, -0.25) is 9.59 Å². The highest BCUT2D eigenvalue weighted by Crippen LogP contribution is 2.34. The zero-order valence-corrected chi connectivity index (χ0v) is 33.9. The van der Waals surface area contributed by atoms with Gasteiger partial charge in [0, 0.05) is 110 Å². The molecule has 4 aromatic heterocycles.